The van der Waals surface area contributed by atoms with Crippen LogP contribution >= 0.6 is 0 Å². The summed E-state index contributed by atoms with van der Waals surface area (Å²) in [6, 6.07) is 0. The molecule has 0 aromatic heterocycles. The fourth-order valence-electron chi connectivity index (χ4n) is 3.10. The zero-order valence-electron chi connectivity index (χ0n) is 14.0. The van der Waals surface area contributed by atoms with E-state index in [1.54, 1.807) is 0 Å². The lowest BCUT2D eigenvalue weighted by atomic mass is 9.59. The van der Waals surface area contributed by atoms with Crippen molar-refractivity contribution in [2.45, 2.75) is 62.6 Å². The first kappa shape index (κ1) is 21.4. The molecule has 1 aliphatic rings. The lowest BCUT2D eigenvalue weighted by Gasteiger charge is -2.59. The molecule has 7 N–H and O–H groups in total. The second-order valence-corrected chi connectivity index (χ2v) is 6.15. The first-order valence-electron chi connectivity index (χ1n) is 7.11. The van der Waals surface area contributed by atoms with Gasteiger partial charge in [0.15, 0.2) is 28.7 Å². The fraction of sp³-hybridized carbons (Fsp3) is 0.714. The highest BCUT2D eigenvalue weighted by Crippen LogP contribution is 2.49. The van der Waals surface area contributed by atoms with Crippen LogP contribution in [0, 0.1) is 0 Å². The number of ether oxygens (including phenoxy) is 1. The number of nitrogens with two attached hydrogens (primary N) is 1. The lowest BCUT2D eigenvalue weighted by molar-refractivity contribution is -0.409. The minimum Gasteiger partial charge on any atom is -0.382 e. The topological polar surface area (TPSA) is 205 Å². The third kappa shape index (κ3) is 2.39. The van der Waals surface area contributed by atoms with Gasteiger partial charge < -0.3 is 30.3 Å². The number of hydrogen-bond donors (Lipinski definition) is 6. The second-order valence-electron chi connectivity index (χ2n) is 6.15. The van der Waals surface area contributed by atoms with Gasteiger partial charge in [-0.1, -0.05) is 0 Å². The minimum absolute atomic E-state index is 0.598. The molecule has 0 spiro atoms. The smallest absolute Gasteiger partial charge is 0.264 e. The van der Waals surface area contributed by atoms with E-state index in [0.29, 0.717) is 20.8 Å². The normalized spacial score (nSPS) is 42.6. The molecule has 0 aliphatic carbocycles. The molecule has 0 saturated carbocycles. The summed E-state index contributed by atoms with van der Waals surface area (Å²) in [7, 11) is 0. The number of aliphatic hydroxyl groups is 5. The molecule has 1 saturated heterocycles. The van der Waals surface area contributed by atoms with Gasteiger partial charge in [0.05, 0.1) is 0 Å². The van der Waals surface area contributed by atoms with Crippen LogP contribution in [0.4, 0.5) is 0 Å². The van der Waals surface area contributed by atoms with Gasteiger partial charge in [0.25, 0.3) is 5.91 Å². The Morgan fingerprint density at radius 2 is 1.28 bits per heavy atom. The summed E-state index contributed by atoms with van der Waals surface area (Å²) in [6.07, 6.45) is -4.81. The molecule has 0 radical (unpaired) electrons. The van der Waals surface area contributed by atoms with Crippen molar-refractivity contribution in [3.63, 3.8) is 0 Å². The van der Waals surface area contributed by atoms with Crippen molar-refractivity contribution >= 4 is 23.1 Å². The molecule has 0 aromatic carbocycles. The Labute approximate surface area is 142 Å². The van der Waals surface area contributed by atoms with Gasteiger partial charge in [-0.2, -0.15) is 0 Å². The van der Waals surface area contributed by atoms with Gasteiger partial charge in [-0.25, -0.2) is 0 Å². The Balaban J connectivity index is 3.99. The number of rotatable bonds is 5. The van der Waals surface area contributed by atoms with Gasteiger partial charge in [0, 0.05) is 0 Å². The molecule has 11 nitrogen and oxygen atoms in total. The van der Waals surface area contributed by atoms with Gasteiger partial charge in [-0.3, -0.25) is 24.9 Å². The number of ketones is 4. The molecule has 0 amide bonds. The maximum atomic E-state index is 12.1. The van der Waals surface area contributed by atoms with Crippen LogP contribution in [0.3, 0.4) is 0 Å². The van der Waals surface area contributed by atoms with Gasteiger partial charge in [-0.05, 0) is 27.7 Å². The predicted molar refractivity (Wildman–Crippen MR) is 77.6 cm³/mol. The van der Waals surface area contributed by atoms with Gasteiger partial charge >= 0.3 is 0 Å². The molecular formula is C14H21NO10. The molecule has 11 heteroatoms. The molecule has 1 unspecified atom stereocenters. The summed E-state index contributed by atoms with van der Waals surface area (Å²) in [6.45, 7) is 2.68. The molecule has 1 fully saturated rings. The monoisotopic (exact) mass is 363 g/mol. The van der Waals surface area contributed by atoms with Crippen molar-refractivity contribution < 1.29 is 49.4 Å². The van der Waals surface area contributed by atoms with Gasteiger partial charge in [0.2, 0.25) is 11.2 Å². The minimum atomic E-state index is -3.74. The molecule has 1 heterocycles. The molecule has 1 rings (SSSR count). The first-order chi connectivity index (χ1) is 11.0. The number of carbonyl (C=O) groups is 4. The van der Waals surface area contributed by atoms with Crippen LogP contribution in [0.25, 0.3) is 0 Å². The van der Waals surface area contributed by atoms with E-state index in [1.165, 1.54) is 0 Å². The van der Waals surface area contributed by atoms with E-state index in [1.807, 2.05) is 0 Å². The summed E-state index contributed by atoms with van der Waals surface area (Å²) in [4.78, 5) is 47.6. The molecule has 1 aliphatic heterocycles. The quantitative estimate of drug-likeness (QED) is 0.259. The number of aliphatic hydroxyl groups excluding tert-OH is 1. The fourth-order valence-corrected chi connectivity index (χ4v) is 3.10. The van der Waals surface area contributed by atoms with E-state index in [-0.39, 0.29) is 0 Å². The average Bonchev–Trinajstić information content (AvgIpc) is 2.47. The molecule has 25 heavy (non-hydrogen) atoms. The van der Waals surface area contributed by atoms with E-state index in [2.05, 4.69) is 0 Å². The van der Waals surface area contributed by atoms with E-state index < -0.39 is 58.1 Å². The third-order valence-electron chi connectivity index (χ3n) is 4.57. The van der Waals surface area contributed by atoms with Crippen LogP contribution in [0.5, 0.6) is 0 Å². The Morgan fingerprint density at radius 1 is 0.880 bits per heavy atom. The molecule has 6 atom stereocenters. The summed E-state index contributed by atoms with van der Waals surface area (Å²) < 4.78 is 4.70. The number of carbonyl (C=O) groups excluding carboxylic acids is 4. The maximum absolute atomic E-state index is 12.1. The van der Waals surface area contributed by atoms with Crippen LogP contribution < -0.4 is 5.73 Å². The van der Waals surface area contributed by atoms with Crippen molar-refractivity contribution in [1.82, 2.24) is 0 Å². The summed E-state index contributed by atoms with van der Waals surface area (Å²) in [5.74, 6) is -9.13. The number of Topliss-reactive ketones (excluding diaryl/α,β-unsaturated/α-hetero) is 4. The van der Waals surface area contributed by atoms with Crippen molar-refractivity contribution in [2.24, 2.45) is 5.73 Å². The Kier molecular flexibility index (Phi) is 5.13. The molecule has 0 aromatic rings. The van der Waals surface area contributed by atoms with Gasteiger partial charge in [-0.15, -0.1) is 0 Å². The Hall–Kier alpha value is -1.60. The highest BCUT2D eigenvalue weighted by atomic mass is 16.7. The van der Waals surface area contributed by atoms with E-state index in [0.717, 1.165) is 6.92 Å². The predicted octanol–water partition coefficient (Wildman–Crippen LogP) is -4.10. The van der Waals surface area contributed by atoms with Crippen LogP contribution in [0.1, 0.15) is 27.7 Å². The Morgan fingerprint density at radius 3 is 1.56 bits per heavy atom. The first-order valence-corrected chi connectivity index (χ1v) is 7.11. The maximum Gasteiger partial charge on any atom is 0.264 e. The third-order valence-corrected chi connectivity index (χ3v) is 4.57. The molecular weight excluding hydrogens is 342 g/mol. The second kappa shape index (κ2) is 5.99. The zero-order chi connectivity index (χ0) is 20.2. The van der Waals surface area contributed by atoms with E-state index in [4.69, 9.17) is 10.5 Å². The lowest BCUT2D eigenvalue weighted by Crippen LogP contribution is -2.92. The highest BCUT2D eigenvalue weighted by Gasteiger charge is 2.83. The largest absolute Gasteiger partial charge is 0.382 e. The standard InChI is InChI=1S/C14H21NO10/c1-5(16)9(20)10-11(21,6(2)17)12(22,7(3)18)13(23,8(4)19)14(15,24)25-10/h9-10,20-24H,15H2,1-4H3/t9?,10-,11+,12+,13-,14+/m1/s1. The molecule has 142 valence electrons. The summed E-state index contributed by atoms with van der Waals surface area (Å²) in [5, 5.41) is 52.4. The summed E-state index contributed by atoms with van der Waals surface area (Å²) in [5.41, 5.74) is -5.60. The van der Waals surface area contributed by atoms with Crippen LogP contribution in [0.15, 0.2) is 0 Å². The zero-order valence-corrected chi connectivity index (χ0v) is 14.0. The van der Waals surface area contributed by atoms with Crippen molar-refractivity contribution in [1.29, 1.82) is 0 Å². The van der Waals surface area contributed by atoms with Gasteiger partial charge in [0.1, 0.15) is 12.2 Å². The van der Waals surface area contributed by atoms with Crippen molar-refractivity contribution in [2.75, 3.05) is 0 Å². The summed E-state index contributed by atoms with van der Waals surface area (Å²) >= 11 is 0. The van der Waals surface area contributed by atoms with Crippen molar-refractivity contribution in [3.05, 3.63) is 0 Å². The van der Waals surface area contributed by atoms with Crippen LogP contribution in [-0.2, 0) is 23.9 Å². The SMILES string of the molecule is CC(=O)C(O)[C@H]1O[C@@](N)(O)[C@@](O)(C(C)=O)[C@](O)(C(C)=O)[C@]1(O)C(C)=O. The van der Waals surface area contributed by atoms with E-state index >= 15 is 0 Å². The molecule has 0 bridgehead atoms. The highest BCUT2D eigenvalue weighted by molar-refractivity contribution is 6.06. The van der Waals surface area contributed by atoms with Crippen LogP contribution in [-0.4, -0.2) is 83.6 Å². The van der Waals surface area contributed by atoms with E-state index in [9.17, 15) is 44.7 Å². The number of hydrogen-bond acceptors (Lipinski definition) is 11. The Bertz CT molecular complexity index is 646. The average molecular weight is 363 g/mol. The van der Waals surface area contributed by atoms with Crippen molar-refractivity contribution in [3.8, 4) is 0 Å². The van der Waals surface area contributed by atoms with Crippen LogP contribution in [0.2, 0.25) is 0 Å².